The van der Waals surface area contributed by atoms with Crippen molar-refractivity contribution in [2.75, 3.05) is 6.54 Å². The zero-order valence-corrected chi connectivity index (χ0v) is 14.2. The number of nitrogens with two attached hydrogens (primary N) is 1. The van der Waals surface area contributed by atoms with Crippen LogP contribution in [0.15, 0.2) is 0 Å². The molecular weight excluding hydrogens is 332 g/mol. The fourth-order valence-corrected chi connectivity index (χ4v) is 2.68. The fraction of sp³-hybridized carbons (Fsp3) is 0.667. The molecule has 0 spiro atoms. The summed E-state index contributed by atoms with van der Waals surface area (Å²) >= 11 is 0. The third kappa shape index (κ3) is 6.40. The molecule has 25 heavy (non-hydrogen) atoms. The average Bonchev–Trinajstić information content (AvgIpc) is 2.89. The molecule has 0 saturated carbocycles. The Kier molecular flexibility index (Phi) is 7.34. The summed E-state index contributed by atoms with van der Waals surface area (Å²) in [7, 11) is 0. The highest BCUT2D eigenvalue weighted by Crippen LogP contribution is 2.17. The molecule has 1 rings (SSSR count). The first-order chi connectivity index (χ1) is 11.6. The second-order valence-electron chi connectivity index (χ2n) is 6.43. The zero-order chi connectivity index (χ0) is 19.1. The van der Waals surface area contributed by atoms with E-state index in [-0.39, 0.29) is 24.7 Å². The molecule has 140 valence electrons. The molecular formula is C15H24N4O6. The van der Waals surface area contributed by atoms with E-state index in [9.17, 15) is 24.0 Å². The van der Waals surface area contributed by atoms with Gasteiger partial charge in [0, 0.05) is 12.5 Å². The predicted molar refractivity (Wildman–Crippen MR) is 86.3 cm³/mol. The summed E-state index contributed by atoms with van der Waals surface area (Å²) in [4.78, 5) is 58.1. The molecule has 10 heteroatoms. The van der Waals surface area contributed by atoms with Gasteiger partial charge in [0.15, 0.2) is 0 Å². The quantitative estimate of drug-likeness (QED) is 0.323. The molecule has 0 bridgehead atoms. The number of amides is 4. The topological polar surface area (TPSA) is 168 Å². The maximum atomic E-state index is 12.4. The van der Waals surface area contributed by atoms with Crippen molar-refractivity contribution >= 4 is 29.6 Å². The number of hydrogen-bond donors (Lipinski definition) is 5. The van der Waals surface area contributed by atoms with E-state index in [0.29, 0.717) is 13.0 Å². The molecule has 6 N–H and O–H groups in total. The van der Waals surface area contributed by atoms with Crippen molar-refractivity contribution in [2.45, 2.75) is 45.2 Å². The molecule has 0 aromatic carbocycles. The Morgan fingerprint density at radius 3 is 2.32 bits per heavy atom. The molecule has 0 aromatic rings. The largest absolute Gasteiger partial charge is 0.465 e. The summed E-state index contributed by atoms with van der Waals surface area (Å²) in [5.74, 6) is -3.77. The summed E-state index contributed by atoms with van der Waals surface area (Å²) in [5, 5.41) is 15.9. The monoisotopic (exact) mass is 356 g/mol. The van der Waals surface area contributed by atoms with Crippen LogP contribution in [0.4, 0.5) is 4.79 Å². The Hall–Kier alpha value is -2.65. The van der Waals surface area contributed by atoms with Crippen molar-refractivity contribution in [3.63, 3.8) is 0 Å². The minimum absolute atomic E-state index is 0.00787. The van der Waals surface area contributed by atoms with Crippen LogP contribution in [-0.2, 0) is 19.2 Å². The first-order valence-electron chi connectivity index (χ1n) is 8.03. The smallest absolute Gasteiger partial charge is 0.405 e. The third-order valence-corrected chi connectivity index (χ3v) is 3.88. The Bertz CT molecular complexity index is 562. The molecule has 0 aliphatic carbocycles. The molecule has 1 saturated heterocycles. The van der Waals surface area contributed by atoms with Gasteiger partial charge in [-0.15, -0.1) is 0 Å². The summed E-state index contributed by atoms with van der Waals surface area (Å²) in [6.45, 7) is 4.06. The Labute approximate surface area is 144 Å². The van der Waals surface area contributed by atoms with Crippen molar-refractivity contribution in [1.29, 1.82) is 0 Å². The van der Waals surface area contributed by atoms with Crippen molar-refractivity contribution < 1.29 is 29.1 Å². The molecule has 1 aliphatic rings. The molecule has 4 amide bonds. The SMILES string of the molecule is CC(C)CC(NC(=O)O)C(=O)NC(C[C@@H]1CCNC1=O)C(=O)C(N)=O. The normalized spacial score (nSPS) is 19.0. The van der Waals surface area contributed by atoms with Crippen LogP contribution in [0.2, 0.25) is 0 Å². The zero-order valence-electron chi connectivity index (χ0n) is 14.2. The van der Waals surface area contributed by atoms with Crippen LogP contribution in [0.3, 0.4) is 0 Å². The van der Waals surface area contributed by atoms with Crippen LogP contribution in [-0.4, -0.2) is 53.3 Å². The van der Waals surface area contributed by atoms with Gasteiger partial charge in [-0.3, -0.25) is 19.2 Å². The summed E-state index contributed by atoms with van der Waals surface area (Å²) in [6, 6.07) is -2.36. The van der Waals surface area contributed by atoms with Crippen LogP contribution in [0.1, 0.15) is 33.1 Å². The second kappa shape index (κ2) is 9.00. The van der Waals surface area contributed by atoms with E-state index in [2.05, 4.69) is 16.0 Å². The third-order valence-electron chi connectivity index (χ3n) is 3.88. The van der Waals surface area contributed by atoms with Gasteiger partial charge in [0.05, 0.1) is 6.04 Å². The first-order valence-corrected chi connectivity index (χ1v) is 8.03. The van der Waals surface area contributed by atoms with Gasteiger partial charge in [0.2, 0.25) is 17.6 Å². The van der Waals surface area contributed by atoms with Gasteiger partial charge in [-0.2, -0.15) is 0 Å². The lowest BCUT2D eigenvalue weighted by Gasteiger charge is -2.23. The predicted octanol–water partition coefficient (Wildman–Crippen LogP) is -1.27. The van der Waals surface area contributed by atoms with E-state index < -0.39 is 41.7 Å². The van der Waals surface area contributed by atoms with Gasteiger partial charge < -0.3 is 26.8 Å². The number of primary amides is 1. The van der Waals surface area contributed by atoms with Crippen LogP contribution in [0.25, 0.3) is 0 Å². The molecule has 10 nitrogen and oxygen atoms in total. The highest BCUT2D eigenvalue weighted by molar-refractivity contribution is 6.37. The van der Waals surface area contributed by atoms with Crippen molar-refractivity contribution in [2.24, 2.45) is 17.6 Å². The number of carbonyl (C=O) groups is 5. The minimum atomic E-state index is -1.38. The molecule has 2 unspecified atom stereocenters. The Morgan fingerprint density at radius 1 is 1.24 bits per heavy atom. The molecule has 1 heterocycles. The Morgan fingerprint density at radius 2 is 1.88 bits per heavy atom. The first kappa shape index (κ1) is 20.4. The van der Waals surface area contributed by atoms with Crippen molar-refractivity contribution in [3.8, 4) is 0 Å². The lowest BCUT2D eigenvalue weighted by atomic mass is 9.94. The van der Waals surface area contributed by atoms with E-state index in [0.717, 1.165) is 0 Å². The number of ketones is 1. The van der Waals surface area contributed by atoms with E-state index in [4.69, 9.17) is 10.8 Å². The van der Waals surface area contributed by atoms with Crippen molar-refractivity contribution in [3.05, 3.63) is 0 Å². The summed E-state index contributed by atoms with van der Waals surface area (Å²) in [5.41, 5.74) is 5.01. The van der Waals surface area contributed by atoms with E-state index >= 15 is 0 Å². The Balaban J connectivity index is 2.87. The number of rotatable bonds is 9. The second-order valence-corrected chi connectivity index (χ2v) is 6.43. The van der Waals surface area contributed by atoms with Crippen LogP contribution in [0, 0.1) is 11.8 Å². The number of hydrogen-bond acceptors (Lipinski definition) is 5. The van der Waals surface area contributed by atoms with Gasteiger partial charge in [-0.05, 0) is 25.2 Å². The van der Waals surface area contributed by atoms with Crippen molar-refractivity contribution in [1.82, 2.24) is 16.0 Å². The van der Waals surface area contributed by atoms with Gasteiger partial charge in [-0.25, -0.2) is 4.79 Å². The minimum Gasteiger partial charge on any atom is -0.465 e. The average molecular weight is 356 g/mol. The highest BCUT2D eigenvalue weighted by atomic mass is 16.4. The summed E-state index contributed by atoms with van der Waals surface area (Å²) in [6.07, 6.45) is -0.769. The molecule has 3 atom stereocenters. The maximum absolute atomic E-state index is 12.4. The highest BCUT2D eigenvalue weighted by Gasteiger charge is 2.34. The summed E-state index contributed by atoms with van der Waals surface area (Å²) < 4.78 is 0. The number of carboxylic acid groups (broad SMARTS) is 1. The van der Waals surface area contributed by atoms with Gasteiger partial charge >= 0.3 is 6.09 Å². The van der Waals surface area contributed by atoms with Crippen LogP contribution >= 0.6 is 0 Å². The fourth-order valence-electron chi connectivity index (χ4n) is 2.68. The number of Topliss-reactive ketones (excluding diaryl/α,β-unsaturated/α-hetero) is 1. The van der Waals surface area contributed by atoms with Gasteiger partial charge in [0.1, 0.15) is 6.04 Å². The molecule has 1 aliphatic heterocycles. The van der Waals surface area contributed by atoms with E-state index in [1.807, 2.05) is 0 Å². The van der Waals surface area contributed by atoms with Gasteiger partial charge in [-0.1, -0.05) is 13.8 Å². The van der Waals surface area contributed by atoms with Gasteiger partial charge in [0.25, 0.3) is 5.91 Å². The van der Waals surface area contributed by atoms with E-state index in [1.54, 1.807) is 13.8 Å². The molecule has 0 radical (unpaired) electrons. The van der Waals surface area contributed by atoms with Crippen LogP contribution < -0.4 is 21.7 Å². The number of nitrogens with one attached hydrogen (secondary N) is 3. The lowest BCUT2D eigenvalue weighted by Crippen LogP contribution is -2.54. The van der Waals surface area contributed by atoms with E-state index in [1.165, 1.54) is 0 Å². The molecule has 0 aromatic heterocycles. The lowest BCUT2D eigenvalue weighted by molar-refractivity contribution is -0.139. The molecule has 1 fully saturated rings. The maximum Gasteiger partial charge on any atom is 0.405 e. The van der Waals surface area contributed by atoms with Crippen LogP contribution in [0.5, 0.6) is 0 Å². The number of carbonyl (C=O) groups excluding carboxylic acids is 4. The standard InChI is InChI=1S/C15H24N4O6/c1-7(2)5-10(19-15(24)25)14(23)18-9(11(20)12(16)21)6-8-3-4-17-13(8)22/h7-10,19H,3-6H2,1-2H3,(H2,16,21)(H,17,22)(H,18,23)(H,24,25)/t8-,9?,10?/m0/s1.